The molecule has 2 nitrogen and oxygen atoms in total. The van der Waals surface area contributed by atoms with E-state index in [2.05, 4.69) is 9.97 Å². The second-order valence-corrected chi connectivity index (χ2v) is 3.61. The van der Waals surface area contributed by atoms with E-state index < -0.39 is 0 Å². The van der Waals surface area contributed by atoms with Crippen LogP contribution in [-0.2, 0) is 0 Å². The van der Waals surface area contributed by atoms with E-state index in [9.17, 15) is 0 Å². The van der Waals surface area contributed by atoms with Gasteiger partial charge >= 0.3 is 0 Å². The van der Waals surface area contributed by atoms with E-state index in [-0.39, 0.29) is 0 Å². The van der Waals surface area contributed by atoms with Crippen molar-refractivity contribution in [2.24, 2.45) is 0 Å². The lowest BCUT2D eigenvalue weighted by Crippen LogP contribution is -1.58. The minimum absolute atomic E-state index is 1.60. The molecule has 0 saturated carbocycles. The first kappa shape index (κ1) is 13.1. The highest BCUT2D eigenvalue weighted by molar-refractivity contribution is 7.07. The number of benzene rings is 1. The molecule has 0 radical (unpaired) electrons. The van der Waals surface area contributed by atoms with Crippen molar-refractivity contribution in [3.63, 3.8) is 0 Å². The first-order chi connectivity index (χ1) is 8.50. The largest absolute Gasteiger partial charge is 0.265 e. The number of hydrogen-bond acceptors (Lipinski definition) is 3. The van der Waals surface area contributed by atoms with Gasteiger partial charge in [0.15, 0.2) is 0 Å². The first-order valence-corrected chi connectivity index (χ1v) is 6.11. The topological polar surface area (TPSA) is 25.8 Å². The van der Waals surface area contributed by atoms with Gasteiger partial charge in [-0.1, -0.05) is 42.5 Å². The zero-order valence-electron chi connectivity index (χ0n) is 9.39. The summed E-state index contributed by atoms with van der Waals surface area (Å²) in [4.78, 5) is 7.53. The van der Waals surface area contributed by atoms with Crippen LogP contribution in [0.15, 0.2) is 84.1 Å². The van der Waals surface area contributed by atoms with Crippen LogP contribution in [-0.4, -0.2) is 9.97 Å². The van der Waals surface area contributed by atoms with Crippen LogP contribution in [0.4, 0.5) is 0 Å². The molecule has 0 saturated heterocycles. The molecule has 0 unspecified atom stereocenters. The molecular formula is C14H14N2S. The Kier molecular flexibility index (Phi) is 8.08. The Bertz CT molecular complexity index is 324. The Morgan fingerprint density at radius 1 is 0.529 bits per heavy atom. The molecule has 0 atom stereocenters. The van der Waals surface area contributed by atoms with E-state index in [0.29, 0.717) is 0 Å². The van der Waals surface area contributed by atoms with Crippen LogP contribution >= 0.6 is 11.3 Å². The average Bonchev–Trinajstić information content (AvgIpc) is 3.03. The molecule has 2 aromatic heterocycles. The molecule has 3 rings (SSSR count). The molecule has 2 heterocycles. The molecule has 0 bridgehead atoms. The fourth-order valence-electron chi connectivity index (χ4n) is 0.873. The minimum Gasteiger partial charge on any atom is -0.265 e. The number of aromatic nitrogens is 2. The summed E-state index contributed by atoms with van der Waals surface area (Å²) in [6, 6.07) is 17.7. The first-order valence-electron chi connectivity index (χ1n) is 5.17. The third-order valence-electron chi connectivity index (χ3n) is 1.58. The number of rotatable bonds is 0. The Morgan fingerprint density at radius 3 is 1.24 bits per heavy atom. The van der Waals surface area contributed by atoms with Gasteiger partial charge < -0.3 is 0 Å². The summed E-state index contributed by atoms with van der Waals surface area (Å²) < 4.78 is 0. The van der Waals surface area contributed by atoms with E-state index in [1.54, 1.807) is 35.4 Å². The highest BCUT2D eigenvalue weighted by Gasteiger charge is 1.59. The van der Waals surface area contributed by atoms with Gasteiger partial charge in [-0.05, 0) is 12.1 Å². The van der Waals surface area contributed by atoms with Crippen LogP contribution in [0.2, 0.25) is 0 Å². The highest BCUT2D eigenvalue weighted by atomic mass is 32.1. The van der Waals surface area contributed by atoms with E-state index in [1.807, 2.05) is 60.0 Å². The predicted molar refractivity (Wildman–Crippen MR) is 72.8 cm³/mol. The second kappa shape index (κ2) is 10.5. The van der Waals surface area contributed by atoms with Crippen molar-refractivity contribution in [3.05, 3.63) is 84.1 Å². The van der Waals surface area contributed by atoms with E-state index in [0.717, 1.165) is 0 Å². The van der Waals surface area contributed by atoms with Crippen LogP contribution in [0.1, 0.15) is 0 Å². The third-order valence-corrected chi connectivity index (χ3v) is 2.10. The van der Waals surface area contributed by atoms with Gasteiger partial charge in [0.25, 0.3) is 0 Å². The average molecular weight is 242 g/mol. The normalized spacial score (nSPS) is 8.00. The standard InChI is InChI=1S/C6H6.C5H5N.C3H3NS/c2*1-2-4-6-5-3-1;1-2-5-3-4-1/h1-6H;1-5H;1-3H. The Balaban J connectivity index is 0.000000128. The predicted octanol–water partition coefficient (Wildman–Crippen LogP) is 3.91. The summed E-state index contributed by atoms with van der Waals surface area (Å²) in [5, 5.41) is 1.93. The van der Waals surface area contributed by atoms with Crippen molar-refractivity contribution in [2.75, 3.05) is 0 Å². The molecule has 0 aliphatic carbocycles. The maximum Gasteiger partial charge on any atom is 0.0791 e. The second-order valence-electron chi connectivity index (χ2n) is 2.85. The molecule has 0 spiro atoms. The molecule has 3 heteroatoms. The van der Waals surface area contributed by atoms with Gasteiger partial charge in [0.05, 0.1) is 5.51 Å². The van der Waals surface area contributed by atoms with E-state index in [1.165, 1.54) is 0 Å². The molecule has 0 N–H and O–H groups in total. The molecule has 86 valence electrons. The van der Waals surface area contributed by atoms with Crippen molar-refractivity contribution in [1.82, 2.24) is 9.97 Å². The SMILES string of the molecule is c1ccccc1.c1ccncc1.c1cscn1. The van der Waals surface area contributed by atoms with Crippen molar-refractivity contribution in [1.29, 1.82) is 0 Å². The van der Waals surface area contributed by atoms with Crippen molar-refractivity contribution < 1.29 is 0 Å². The molecule has 0 amide bonds. The van der Waals surface area contributed by atoms with Crippen molar-refractivity contribution >= 4 is 11.3 Å². The summed E-state index contributed by atoms with van der Waals surface area (Å²) in [5.41, 5.74) is 1.79. The van der Waals surface area contributed by atoms with Gasteiger partial charge in [-0.3, -0.25) is 9.97 Å². The fourth-order valence-corrected chi connectivity index (χ4v) is 1.22. The monoisotopic (exact) mass is 242 g/mol. The van der Waals surface area contributed by atoms with Gasteiger partial charge in [0, 0.05) is 24.0 Å². The maximum absolute atomic E-state index is 3.78. The molecule has 0 fully saturated rings. The maximum atomic E-state index is 3.78. The zero-order valence-corrected chi connectivity index (χ0v) is 10.2. The third kappa shape index (κ3) is 8.96. The summed E-state index contributed by atoms with van der Waals surface area (Å²) in [7, 11) is 0. The highest BCUT2D eigenvalue weighted by Crippen LogP contribution is 1.86. The number of hydrogen-bond donors (Lipinski definition) is 0. The molecular weight excluding hydrogens is 228 g/mol. The van der Waals surface area contributed by atoms with Gasteiger partial charge in [0.1, 0.15) is 0 Å². The van der Waals surface area contributed by atoms with Crippen molar-refractivity contribution in [3.8, 4) is 0 Å². The Labute approximate surface area is 106 Å². The quantitative estimate of drug-likeness (QED) is 0.597. The summed E-state index contributed by atoms with van der Waals surface area (Å²) in [6.45, 7) is 0. The van der Waals surface area contributed by atoms with Gasteiger partial charge in [-0.15, -0.1) is 11.3 Å². The summed E-state index contributed by atoms with van der Waals surface area (Å²) >= 11 is 1.60. The van der Waals surface area contributed by atoms with Crippen LogP contribution in [0.3, 0.4) is 0 Å². The van der Waals surface area contributed by atoms with E-state index >= 15 is 0 Å². The molecule has 3 aromatic rings. The number of thiazole rings is 1. The van der Waals surface area contributed by atoms with Crippen LogP contribution in [0.25, 0.3) is 0 Å². The smallest absolute Gasteiger partial charge is 0.0791 e. The van der Waals surface area contributed by atoms with E-state index in [4.69, 9.17) is 0 Å². The van der Waals surface area contributed by atoms with Gasteiger partial charge in [-0.2, -0.15) is 0 Å². The molecule has 0 aliphatic rings. The molecule has 0 aliphatic heterocycles. The molecule has 1 aromatic carbocycles. The summed E-state index contributed by atoms with van der Waals surface area (Å²) in [6.07, 6.45) is 5.27. The molecule has 17 heavy (non-hydrogen) atoms. The Hall–Kier alpha value is -2.00. The van der Waals surface area contributed by atoms with Crippen LogP contribution in [0, 0.1) is 0 Å². The van der Waals surface area contributed by atoms with Crippen LogP contribution in [0.5, 0.6) is 0 Å². The van der Waals surface area contributed by atoms with Gasteiger partial charge in [-0.25, -0.2) is 0 Å². The summed E-state index contributed by atoms with van der Waals surface area (Å²) in [5.74, 6) is 0. The zero-order chi connectivity index (χ0) is 12.0. The van der Waals surface area contributed by atoms with Gasteiger partial charge in [0.2, 0.25) is 0 Å². The number of pyridine rings is 1. The lowest BCUT2D eigenvalue weighted by atomic mass is 10.4. The fraction of sp³-hybridized carbons (Fsp3) is 0. The Morgan fingerprint density at radius 2 is 1.06 bits per heavy atom. The lowest BCUT2D eigenvalue weighted by molar-refractivity contribution is 1.33. The minimum atomic E-state index is 1.60. The number of nitrogens with zero attached hydrogens (tertiary/aromatic N) is 2. The lowest BCUT2D eigenvalue weighted by Gasteiger charge is -1.70. The van der Waals surface area contributed by atoms with Crippen molar-refractivity contribution in [2.45, 2.75) is 0 Å². The van der Waals surface area contributed by atoms with Crippen LogP contribution < -0.4 is 0 Å².